The minimum absolute atomic E-state index is 0.0589. The zero-order valence-electron chi connectivity index (χ0n) is 17.7. The summed E-state index contributed by atoms with van der Waals surface area (Å²) < 4.78 is 5.72. The molecule has 0 unspecified atom stereocenters. The van der Waals surface area contributed by atoms with E-state index in [1.54, 1.807) is 19.2 Å². The number of halogens is 1. The van der Waals surface area contributed by atoms with E-state index in [2.05, 4.69) is 56.9 Å². The van der Waals surface area contributed by atoms with Crippen LogP contribution in [0.2, 0.25) is 5.02 Å². The van der Waals surface area contributed by atoms with Crippen molar-refractivity contribution in [3.05, 3.63) is 64.2 Å². The van der Waals surface area contributed by atoms with Crippen molar-refractivity contribution in [3.8, 4) is 11.8 Å². The normalized spacial score (nSPS) is 15.4. The van der Waals surface area contributed by atoms with Crippen LogP contribution in [0.3, 0.4) is 0 Å². The molecule has 0 aliphatic carbocycles. The topological polar surface area (TPSA) is 36.3 Å². The van der Waals surface area contributed by atoms with E-state index in [-0.39, 0.29) is 5.54 Å². The fourth-order valence-corrected chi connectivity index (χ4v) is 4.13. The molecular formula is C25H27ClN2O. The summed E-state index contributed by atoms with van der Waals surface area (Å²) in [5, 5.41) is 10.4. The van der Waals surface area contributed by atoms with E-state index in [1.807, 2.05) is 18.2 Å². The molecule has 0 saturated heterocycles. The van der Waals surface area contributed by atoms with Gasteiger partial charge in [0.2, 0.25) is 0 Å². The van der Waals surface area contributed by atoms with Crippen LogP contribution in [0.1, 0.15) is 50.8 Å². The quantitative estimate of drug-likeness (QED) is 0.403. The first-order valence-corrected chi connectivity index (χ1v) is 10.3. The van der Waals surface area contributed by atoms with Gasteiger partial charge in [0.15, 0.2) is 0 Å². The summed E-state index contributed by atoms with van der Waals surface area (Å²) in [4.78, 5) is 2.43. The minimum atomic E-state index is -0.0589. The number of methoxy groups -OCH3 is 1. The average molecular weight is 407 g/mol. The number of hydrogen-bond donors (Lipinski definition) is 0. The Hall–Kier alpha value is -2.70. The standard InChI is InChI=1S/C25H27ClN2O/c1-6-11-28-23-14-24(29-5)19(13-22(23)17(2)15-25(28,3)4)12-20(16-27)18-7-9-21(26)10-8-18/h7-10,12-15H,6,11H2,1-5H3/b20-12+. The van der Waals surface area contributed by atoms with Crippen LogP contribution in [-0.4, -0.2) is 19.2 Å². The second kappa shape index (κ2) is 8.35. The molecule has 4 heteroatoms. The van der Waals surface area contributed by atoms with Crippen molar-refractivity contribution in [2.45, 2.75) is 39.7 Å². The van der Waals surface area contributed by atoms with Gasteiger partial charge in [-0.15, -0.1) is 0 Å². The van der Waals surface area contributed by atoms with Crippen LogP contribution in [0.4, 0.5) is 5.69 Å². The van der Waals surface area contributed by atoms with E-state index in [4.69, 9.17) is 16.3 Å². The van der Waals surface area contributed by atoms with E-state index < -0.39 is 0 Å². The lowest BCUT2D eigenvalue weighted by molar-refractivity contribution is 0.413. The third-order valence-electron chi connectivity index (χ3n) is 5.35. The molecule has 1 heterocycles. The summed E-state index contributed by atoms with van der Waals surface area (Å²) in [5.41, 5.74) is 5.83. The molecule has 0 fully saturated rings. The van der Waals surface area contributed by atoms with Crippen molar-refractivity contribution in [1.82, 2.24) is 0 Å². The van der Waals surface area contributed by atoms with Gasteiger partial charge in [-0.3, -0.25) is 0 Å². The van der Waals surface area contributed by atoms with Crippen LogP contribution < -0.4 is 9.64 Å². The number of fused-ring (bicyclic) bond motifs is 1. The number of nitriles is 1. The number of anilines is 1. The number of benzene rings is 2. The van der Waals surface area contributed by atoms with Crippen molar-refractivity contribution in [2.24, 2.45) is 0 Å². The molecule has 0 atom stereocenters. The van der Waals surface area contributed by atoms with Crippen molar-refractivity contribution in [1.29, 1.82) is 5.26 Å². The molecule has 3 nitrogen and oxygen atoms in total. The maximum absolute atomic E-state index is 9.73. The molecule has 0 amide bonds. The third kappa shape index (κ3) is 4.18. The highest BCUT2D eigenvalue weighted by molar-refractivity contribution is 6.30. The van der Waals surface area contributed by atoms with Gasteiger partial charge >= 0.3 is 0 Å². The first kappa shape index (κ1) is 21.0. The van der Waals surface area contributed by atoms with Gasteiger partial charge in [-0.1, -0.05) is 36.7 Å². The van der Waals surface area contributed by atoms with Gasteiger partial charge in [0.25, 0.3) is 0 Å². The van der Waals surface area contributed by atoms with E-state index >= 15 is 0 Å². The molecule has 0 saturated carbocycles. The highest BCUT2D eigenvalue weighted by atomic mass is 35.5. The van der Waals surface area contributed by atoms with Crippen LogP contribution in [-0.2, 0) is 0 Å². The van der Waals surface area contributed by atoms with Gasteiger partial charge < -0.3 is 9.64 Å². The zero-order valence-corrected chi connectivity index (χ0v) is 18.5. The Morgan fingerprint density at radius 3 is 2.52 bits per heavy atom. The van der Waals surface area contributed by atoms with Gasteiger partial charge in [0.05, 0.1) is 24.3 Å². The summed E-state index contributed by atoms with van der Waals surface area (Å²) in [5.74, 6) is 0.761. The third-order valence-corrected chi connectivity index (χ3v) is 5.60. The Labute approximate surface area is 178 Å². The van der Waals surface area contributed by atoms with Crippen LogP contribution in [0, 0.1) is 11.3 Å². The molecule has 0 spiro atoms. The van der Waals surface area contributed by atoms with E-state index in [1.165, 1.54) is 16.8 Å². The molecule has 2 aromatic rings. The van der Waals surface area contributed by atoms with Gasteiger partial charge in [-0.05, 0) is 62.6 Å². The molecular weight excluding hydrogens is 380 g/mol. The summed E-state index contributed by atoms with van der Waals surface area (Å²) in [6.07, 6.45) is 5.27. The number of rotatable bonds is 5. The van der Waals surface area contributed by atoms with E-state index in [9.17, 15) is 5.26 Å². The van der Waals surface area contributed by atoms with Crippen LogP contribution in [0.15, 0.2) is 42.5 Å². The summed E-state index contributed by atoms with van der Waals surface area (Å²) in [7, 11) is 1.67. The first-order valence-electron chi connectivity index (χ1n) is 9.88. The van der Waals surface area contributed by atoms with Crippen molar-refractivity contribution >= 4 is 34.5 Å². The minimum Gasteiger partial charge on any atom is -0.496 e. The van der Waals surface area contributed by atoms with Gasteiger partial charge in [0, 0.05) is 34.4 Å². The predicted molar refractivity (Wildman–Crippen MR) is 123 cm³/mol. The van der Waals surface area contributed by atoms with Crippen molar-refractivity contribution in [2.75, 3.05) is 18.6 Å². The number of hydrogen-bond acceptors (Lipinski definition) is 3. The second-order valence-corrected chi connectivity index (χ2v) is 8.36. The Balaban J connectivity index is 2.16. The fourth-order valence-electron chi connectivity index (χ4n) is 4.01. The smallest absolute Gasteiger partial charge is 0.128 e. The van der Waals surface area contributed by atoms with Crippen molar-refractivity contribution < 1.29 is 4.74 Å². The van der Waals surface area contributed by atoms with Crippen molar-refractivity contribution in [3.63, 3.8) is 0 Å². The van der Waals surface area contributed by atoms with Crippen LogP contribution in [0.25, 0.3) is 17.2 Å². The van der Waals surface area contributed by atoms with Gasteiger partial charge in [0.1, 0.15) is 5.75 Å². The zero-order chi connectivity index (χ0) is 21.2. The lowest BCUT2D eigenvalue weighted by atomic mass is 9.87. The highest BCUT2D eigenvalue weighted by Gasteiger charge is 2.31. The molecule has 1 aliphatic heterocycles. The number of ether oxygens (including phenoxy) is 1. The average Bonchev–Trinajstić information content (AvgIpc) is 2.69. The molecule has 150 valence electrons. The molecule has 3 rings (SSSR count). The second-order valence-electron chi connectivity index (χ2n) is 7.92. The predicted octanol–water partition coefficient (Wildman–Crippen LogP) is 6.82. The number of allylic oxidation sites excluding steroid dienone is 2. The van der Waals surface area contributed by atoms with Crippen LogP contribution >= 0.6 is 11.6 Å². The Morgan fingerprint density at radius 1 is 1.24 bits per heavy atom. The molecule has 0 bridgehead atoms. The molecule has 29 heavy (non-hydrogen) atoms. The molecule has 1 aliphatic rings. The summed E-state index contributed by atoms with van der Waals surface area (Å²) in [6.45, 7) is 9.79. The summed E-state index contributed by atoms with van der Waals surface area (Å²) >= 11 is 5.99. The highest BCUT2D eigenvalue weighted by Crippen LogP contribution is 2.43. The maximum Gasteiger partial charge on any atom is 0.128 e. The van der Waals surface area contributed by atoms with Crippen LogP contribution in [0.5, 0.6) is 5.75 Å². The molecule has 2 aromatic carbocycles. The maximum atomic E-state index is 9.73. The SMILES string of the molecule is CCCN1c2cc(OC)c(/C=C(\C#N)c3ccc(Cl)cc3)cc2C(C)=CC1(C)C. The van der Waals surface area contributed by atoms with E-state index in [0.717, 1.165) is 29.8 Å². The molecule has 0 radical (unpaired) electrons. The Kier molecular flexibility index (Phi) is 6.05. The van der Waals surface area contributed by atoms with E-state index in [0.29, 0.717) is 10.6 Å². The fraction of sp³-hybridized carbons (Fsp3) is 0.320. The lowest BCUT2D eigenvalue weighted by Crippen LogP contribution is -2.45. The Morgan fingerprint density at radius 2 is 1.93 bits per heavy atom. The summed E-state index contributed by atoms with van der Waals surface area (Å²) in [6, 6.07) is 13.9. The Bertz CT molecular complexity index is 1010. The number of nitrogens with zero attached hydrogens (tertiary/aromatic N) is 2. The monoisotopic (exact) mass is 406 g/mol. The molecule has 0 N–H and O–H groups in total. The lowest BCUT2D eigenvalue weighted by Gasteiger charge is -2.43. The van der Waals surface area contributed by atoms with Gasteiger partial charge in [-0.25, -0.2) is 0 Å². The molecule has 0 aromatic heterocycles. The largest absolute Gasteiger partial charge is 0.496 e. The first-order chi connectivity index (χ1) is 13.8. The van der Waals surface area contributed by atoms with Gasteiger partial charge in [-0.2, -0.15) is 5.26 Å².